The maximum atomic E-state index is 13.4. The number of carbonyl (C=O) groups is 1. The molecule has 156 valence electrons. The molecule has 30 heavy (non-hydrogen) atoms. The topological polar surface area (TPSA) is 81.1 Å². The molecule has 1 aliphatic heterocycles. The molecule has 0 saturated heterocycles. The summed E-state index contributed by atoms with van der Waals surface area (Å²) in [6.07, 6.45) is 0. The second-order valence-corrected chi connectivity index (χ2v) is 9.10. The summed E-state index contributed by atoms with van der Waals surface area (Å²) in [5.74, 6) is 1.38. The number of carbonyl (C=O) groups excluding carboxylic acids is 1. The minimum Gasteiger partial charge on any atom is -0.496 e. The van der Waals surface area contributed by atoms with Crippen LogP contribution < -0.4 is 15.5 Å². The number of halogens is 1. The molecular formula is C21H22BrN5O2S. The third-order valence-corrected chi connectivity index (χ3v) is 7.09. The third kappa shape index (κ3) is 3.79. The monoisotopic (exact) mass is 487 g/mol. The van der Waals surface area contributed by atoms with Gasteiger partial charge in [0.25, 0.3) is 0 Å². The van der Waals surface area contributed by atoms with Crippen LogP contribution in [0, 0.1) is 20.8 Å². The van der Waals surface area contributed by atoms with Crippen LogP contribution in [-0.2, 0) is 4.79 Å². The number of hydrogen-bond donors (Lipinski definition) is 2. The van der Waals surface area contributed by atoms with Gasteiger partial charge in [0.15, 0.2) is 0 Å². The Morgan fingerprint density at radius 2 is 2.03 bits per heavy atom. The summed E-state index contributed by atoms with van der Waals surface area (Å²) in [4.78, 5) is 13.4. The second-order valence-electron chi connectivity index (χ2n) is 7.14. The number of nitrogens with zero attached hydrogens (tertiary/aromatic N) is 3. The van der Waals surface area contributed by atoms with Crippen molar-refractivity contribution in [3.8, 4) is 5.75 Å². The van der Waals surface area contributed by atoms with Gasteiger partial charge < -0.3 is 15.5 Å². The molecule has 0 aliphatic carbocycles. The van der Waals surface area contributed by atoms with Gasteiger partial charge in [-0.2, -0.15) is 0 Å². The first-order chi connectivity index (χ1) is 14.4. The largest absolute Gasteiger partial charge is 0.496 e. The number of ether oxygens (including phenoxy) is 1. The quantitative estimate of drug-likeness (QED) is 0.568. The fourth-order valence-corrected chi connectivity index (χ4v) is 5.06. The molecule has 1 amide bonds. The van der Waals surface area contributed by atoms with E-state index in [1.807, 2.05) is 61.8 Å². The smallest absolute Gasteiger partial charge is 0.240 e. The number of nitrogens with one attached hydrogen (secondary N) is 2. The Labute approximate surface area is 187 Å². The number of benzene rings is 2. The lowest BCUT2D eigenvalue weighted by Crippen LogP contribution is -2.41. The molecule has 1 aliphatic rings. The van der Waals surface area contributed by atoms with Gasteiger partial charge in [-0.05, 0) is 71.6 Å². The van der Waals surface area contributed by atoms with Crippen molar-refractivity contribution in [1.29, 1.82) is 0 Å². The number of thioether (sulfide) groups is 1. The summed E-state index contributed by atoms with van der Waals surface area (Å²) < 4.78 is 8.01. The summed E-state index contributed by atoms with van der Waals surface area (Å²) in [7, 11) is 1.63. The molecule has 9 heteroatoms. The Morgan fingerprint density at radius 3 is 2.77 bits per heavy atom. The first-order valence-electron chi connectivity index (χ1n) is 9.44. The fourth-order valence-electron chi connectivity index (χ4n) is 3.38. The van der Waals surface area contributed by atoms with Crippen molar-refractivity contribution in [2.75, 3.05) is 17.9 Å². The van der Waals surface area contributed by atoms with Gasteiger partial charge in [0.2, 0.25) is 11.1 Å². The lowest BCUT2D eigenvalue weighted by atomic mass is 10.0. The predicted molar refractivity (Wildman–Crippen MR) is 122 cm³/mol. The molecular weight excluding hydrogens is 466 g/mol. The number of aromatic nitrogens is 3. The highest BCUT2D eigenvalue weighted by molar-refractivity contribution is 9.10. The van der Waals surface area contributed by atoms with Gasteiger partial charge in [0.1, 0.15) is 16.8 Å². The Bertz CT molecular complexity index is 1120. The Balaban J connectivity index is 1.70. The highest BCUT2D eigenvalue weighted by Crippen LogP contribution is 2.39. The summed E-state index contributed by atoms with van der Waals surface area (Å²) in [6.45, 7) is 5.92. The van der Waals surface area contributed by atoms with Crippen molar-refractivity contribution in [1.82, 2.24) is 14.9 Å². The van der Waals surface area contributed by atoms with E-state index in [0.29, 0.717) is 5.16 Å². The van der Waals surface area contributed by atoms with Gasteiger partial charge in [0, 0.05) is 5.69 Å². The average molecular weight is 488 g/mol. The number of methoxy groups -OCH3 is 1. The van der Waals surface area contributed by atoms with E-state index in [1.54, 1.807) is 7.11 Å². The molecule has 4 rings (SSSR count). The van der Waals surface area contributed by atoms with Gasteiger partial charge in [0.05, 0.1) is 17.6 Å². The lowest BCUT2D eigenvalue weighted by molar-refractivity contribution is -0.116. The first kappa shape index (κ1) is 20.7. The molecule has 2 N–H and O–H groups in total. The van der Waals surface area contributed by atoms with Crippen LogP contribution in [0.25, 0.3) is 0 Å². The Hall–Kier alpha value is -2.52. The van der Waals surface area contributed by atoms with Crippen LogP contribution in [0.3, 0.4) is 0 Å². The molecule has 0 unspecified atom stereocenters. The highest BCUT2D eigenvalue weighted by Gasteiger charge is 2.37. The zero-order chi connectivity index (χ0) is 21.4. The molecule has 0 radical (unpaired) electrons. The van der Waals surface area contributed by atoms with E-state index in [1.165, 1.54) is 11.8 Å². The summed E-state index contributed by atoms with van der Waals surface area (Å²) in [5, 5.41) is 11.7. The number of rotatable bonds is 4. The summed E-state index contributed by atoms with van der Waals surface area (Å²) in [5.41, 5.74) is 7.38. The molecule has 0 saturated carbocycles. The van der Waals surface area contributed by atoms with Gasteiger partial charge in [-0.25, -0.2) is 4.68 Å². The minimum atomic E-state index is -0.443. The Morgan fingerprint density at radius 1 is 1.23 bits per heavy atom. The second kappa shape index (κ2) is 8.31. The molecule has 2 aromatic carbocycles. The molecule has 1 aromatic heterocycles. The predicted octanol–water partition coefficient (Wildman–Crippen LogP) is 4.37. The molecule has 0 bridgehead atoms. The molecule has 7 nitrogen and oxygen atoms in total. The zero-order valence-electron chi connectivity index (χ0n) is 17.1. The third-order valence-electron chi connectivity index (χ3n) is 5.25. The van der Waals surface area contributed by atoms with Gasteiger partial charge >= 0.3 is 0 Å². The van der Waals surface area contributed by atoms with E-state index in [2.05, 4.69) is 36.9 Å². The van der Waals surface area contributed by atoms with Crippen LogP contribution in [0.2, 0.25) is 0 Å². The molecule has 0 spiro atoms. The number of fused-ring (bicyclic) bond motifs is 1. The van der Waals surface area contributed by atoms with E-state index in [4.69, 9.17) is 4.74 Å². The minimum absolute atomic E-state index is 0.0926. The summed E-state index contributed by atoms with van der Waals surface area (Å²) in [6, 6.07) is 11.4. The van der Waals surface area contributed by atoms with E-state index in [0.717, 1.165) is 38.4 Å². The number of anilines is 1. The molecule has 2 atom stereocenters. The highest BCUT2D eigenvalue weighted by atomic mass is 79.9. The fraction of sp³-hybridized carbons (Fsp3) is 0.286. The van der Waals surface area contributed by atoms with E-state index < -0.39 is 5.25 Å². The van der Waals surface area contributed by atoms with Crippen molar-refractivity contribution >= 4 is 39.3 Å². The van der Waals surface area contributed by atoms with Crippen LogP contribution >= 0.6 is 27.7 Å². The molecule has 2 heterocycles. The average Bonchev–Trinajstić information content (AvgIpc) is 3.10. The van der Waals surface area contributed by atoms with Crippen molar-refractivity contribution in [3.05, 3.63) is 63.4 Å². The van der Waals surface area contributed by atoms with Crippen LogP contribution in [0.5, 0.6) is 5.75 Å². The van der Waals surface area contributed by atoms with Crippen molar-refractivity contribution < 1.29 is 9.53 Å². The number of hydrogen-bond acceptors (Lipinski definition) is 6. The standard InChI is InChI=1S/C21H22BrN5O2S/c1-11-6-5-7-16(12(11)2)23-20(28)19-18(14-8-9-17(29-4)15(22)10-14)26-27-13(3)24-25-21(27)30-19/h5-10,18-19,26H,1-4H3,(H,23,28)/t18-,19-/m0/s1. The van der Waals surface area contributed by atoms with E-state index in [-0.39, 0.29) is 11.9 Å². The normalized spacial score (nSPS) is 17.8. The Kier molecular flexibility index (Phi) is 5.75. The number of aryl methyl sites for hydroxylation is 2. The van der Waals surface area contributed by atoms with Crippen LogP contribution in [0.15, 0.2) is 46.0 Å². The maximum Gasteiger partial charge on any atom is 0.240 e. The lowest BCUT2D eigenvalue weighted by Gasteiger charge is -2.33. The van der Waals surface area contributed by atoms with Crippen LogP contribution in [0.1, 0.15) is 28.6 Å². The van der Waals surface area contributed by atoms with Crippen molar-refractivity contribution in [3.63, 3.8) is 0 Å². The van der Waals surface area contributed by atoms with E-state index in [9.17, 15) is 4.79 Å². The first-order valence-corrected chi connectivity index (χ1v) is 11.1. The zero-order valence-corrected chi connectivity index (χ0v) is 19.5. The van der Waals surface area contributed by atoms with Crippen LogP contribution in [-0.4, -0.2) is 33.1 Å². The number of amides is 1. The maximum absolute atomic E-state index is 13.4. The molecule has 3 aromatic rings. The van der Waals surface area contributed by atoms with Crippen molar-refractivity contribution in [2.24, 2.45) is 0 Å². The molecule has 0 fully saturated rings. The van der Waals surface area contributed by atoms with Gasteiger partial charge in [-0.15, -0.1) is 10.2 Å². The van der Waals surface area contributed by atoms with Gasteiger partial charge in [-0.3, -0.25) is 4.79 Å². The van der Waals surface area contributed by atoms with Crippen molar-refractivity contribution in [2.45, 2.75) is 37.2 Å². The van der Waals surface area contributed by atoms with E-state index >= 15 is 0 Å². The van der Waals surface area contributed by atoms with Crippen LogP contribution in [0.4, 0.5) is 5.69 Å². The van der Waals surface area contributed by atoms with Gasteiger partial charge in [-0.1, -0.05) is 30.0 Å². The SMILES string of the molecule is COc1ccc([C@@H]2Nn3c(C)nnc3S[C@@H]2C(=O)Nc2cccc(C)c2C)cc1Br. The summed E-state index contributed by atoms with van der Waals surface area (Å²) >= 11 is 4.95.